The van der Waals surface area contributed by atoms with Crippen LogP contribution in [0.1, 0.15) is 23.0 Å². The zero-order valence-corrected chi connectivity index (χ0v) is 15.4. The Hall–Kier alpha value is -3.26. The second-order valence-corrected chi connectivity index (χ2v) is 6.65. The topological polar surface area (TPSA) is 87.2 Å². The predicted octanol–water partition coefficient (Wildman–Crippen LogP) is 2.24. The quantitative estimate of drug-likeness (QED) is 0.733. The number of ether oxygens (including phenoxy) is 1. The normalized spacial score (nSPS) is 15.9. The van der Waals surface area contributed by atoms with Gasteiger partial charge in [-0.1, -0.05) is 65.9 Å². The average molecular weight is 378 g/mol. The second-order valence-electron chi connectivity index (χ2n) is 6.65. The Morgan fingerprint density at radius 2 is 1.68 bits per heavy atom. The Balaban J connectivity index is 1.37. The molecule has 0 bridgehead atoms. The van der Waals surface area contributed by atoms with Crippen LogP contribution in [0.15, 0.2) is 60.7 Å². The first kappa shape index (κ1) is 18.1. The molecule has 8 heteroatoms. The molecule has 3 aromatic rings. The molecule has 1 fully saturated rings. The summed E-state index contributed by atoms with van der Waals surface area (Å²) >= 11 is 0. The summed E-state index contributed by atoms with van der Waals surface area (Å²) in [6.07, 6.45) is -0.278. The Labute approximate surface area is 163 Å². The van der Waals surface area contributed by atoms with Crippen molar-refractivity contribution in [1.29, 1.82) is 0 Å². The number of nitrogens with zero attached hydrogens (tertiary/aromatic N) is 5. The molecule has 1 aliphatic heterocycles. The number of carbonyl (C=O) groups is 1. The molecule has 1 saturated heterocycles. The highest BCUT2D eigenvalue weighted by atomic mass is 16.6. The number of aromatic nitrogens is 4. The number of benzene rings is 2. The molecular formula is C20H22N6O2. The molecule has 4 rings (SSSR count). The largest absolute Gasteiger partial charge is 0.445 e. The number of tetrazole rings is 1. The minimum atomic E-state index is -0.278. The van der Waals surface area contributed by atoms with Crippen LogP contribution < -0.4 is 0 Å². The van der Waals surface area contributed by atoms with Crippen LogP contribution in [0.2, 0.25) is 0 Å². The van der Waals surface area contributed by atoms with Gasteiger partial charge in [-0.2, -0.15) is 5.21 Å². The van der Waals surface area contributed by atoms with Crippen LogP contribution in [0.5, 0.6) is 0 Å². The van der Waals surface area contributed by atoms with Crippen molar-refractivity contribution in [2.45, 2.75) is 12.6 Å². The highest BCUT2D eigenvalue weighted by Gasteiger charge is 2.30. The number of nitrogens with one attached hydrogen (secondary N) is 1. The number of hydrogen-bond donors (Lipinski definition) is 1. The number of piperazine rings is 1. The van der Waals surface area contributed by atoms with Gasteiger partial charge in [0.25, 0.3) is 0 Å². The van der Waals surface area contributed by atoms with Crippen LogP contribution in [0.25, 0.3) is 0 Å². The minimum Gasteiger partial charge on any atom is -0.445 e. The van der Waals surface area contributed by atoms with Gasteiger partial charge in [-0.25, -0.2) is 4.79 Å². The highest BCUT2D eigenvalue weighted by Crippen LogP contribution is 2.26. The summed E-state index contributed by atoms with van der Waals surface area (Å²) in [7, 11) is 0. The summed E-state index contributed by atoms with van der Waals surface area (Å²) in [5.41, 5.74) is 2.08. The van der Waals surface area contributed by atoms with Gasteiger partial charge >= 0.3 is 6.09 Å². The van der Waals surface area contributed by atoms with Crippen LogP contribution >= 0.6 is 0 Å². The maximum atomic E-state index is 12.4. The van der Waals surface area contributed by atoms with E-state index < -0.39 is 0 Å². The van der Waals surface area contributed by atoms with E-state index >= 15 is 0 Å². The molecule has 1 N–H and O–H groups in total. The minimum absolute atomic E-state index is 0.0950. The molecule has 8 nitrogen and oxygen atoms in total. The van der Waals surface area contributed by atoms with E-state index in [1.54, 1.807) is 4.90 Å². The number of H-pyrrole nitrogens is 1. The van der Waals surface area contributed by atoms with E-state index in [0.717, 1.165) is 11.1 Å². The zero-order valence-electron chi connectivity index (χ0n) is 15.4. The van der Waals surface area contributed by atoms with Crippen molar-refractivity contribution in [3.05, 3.63) is 77.6 Å². The first-order chi connectivity index (χ1) is 13.8. The van der Waals surface area contributed by atoms with Crippen LogP contribution in [0.3, 0.4) is 0 Å². The molecule has 2 heterocycles. The predicted molar refractivity (Wildman–Crippen MR) is 102 cm³/mol. The third-order valence-electron chi connectivity index (χ3n) is 4.86. The molecule has 0 radical (unpaired) electrons. The first-order valence-electron chi connectivity index (χ1n) is 9.29. The Morgan fingerprint density at radius 3 is 2.32 bits per heavy atom. The molecule has 1 unspecified atom stereocenters. The van der Waals surface area contributed by atoms with Crippen LogP contribution in [-0.2, 0) is 11.3 Å². The van der Waals surface area contributed by atoms with Crippen molar-refractivity contribution in [1.82, 2.24) is 30.4 Å². The van der Waals surface area contributed by atoms with Crippen molar-refractivity contribution in [3.63, 3.8) is 0 Å². The van der Waals surface area contributed by atoms with Gasteiger partial charge < -0.3 is 9.64 Å². The summed E-state index contributed by atoms with van der Waals surface area (Å²) in [4.78, 5) is 16.4. The van der Waals surface area contributed by atoms with Crippen LogP contribution in [0.4, 0.5) is 4.79 Å². The standard InChI is InChI=1S/C20H22N6O2/c27-20(28-15-16-7-3-1-4-8-16)26-13-11-25(12-14-26)18(19-21-23-24-22-19)17-9-5-2-6-10-17/h1-10,18H,11-15H2,(H,21,22,23,24). The molecule has 1 amide bonds. The maximum Gasteiger partial charge on any atom is 0.410 e. The number of aromatic amines is 1. The average Bonchev–Trinajstić information content (AvgIpc) is 3.28. The van der Waals surface area contributed by atoms with Gasteiger partial charge in [0.2, 0.25) is 0 Å². The van der Waals surface area contributed by atoms with Crippen LogP contribution in [-0.4, -0.2) is 62.7 Å². The van der Waals surface area contributed by atoms with E-state index in [0.29, 0.717) is 32.0 Å². The summed E-state index contributed by atoms with van der Waals surface area (Å²) < 4.78 is 5.45. The zero-order chi connectivity index (χ0) is 19.2. The van der Waals surface area contributed by atoms with Crippen LogP contribution in [0, 0.1) is 0 Å². The summed E-state index contributed by atoms with van der Waals surface area (Å²) in [6.45, 7) is 2.88. The molecule has 1 aromatic heterocycles. The van der Waals surface area contributed by atoms with Gasteiger partial charge in [0, 0.05) is 26.2 Å². The van der Waals surface area contributed by atoms with Gasteiger partial charge in [0.1, 0.15) is 6.61 Å². The van der Waals surface area contributed by atoms with E-state index in [4.69, 9.17) is 4.74 Å². The smallest absolute Gasteiger partial charge is 0.410 e. The van der Waals surface area contributed by atoms with Crippen molar-refractivity contribution in [3.8, 4) is 0 Å². The lowest BCUT2D eigenvalue weighted by Crippen LogP contribution is -2.50. The first-order valence-corrected chi connectivity index (χ1v) is 9.29. The fourth-order valence-corrected chi connectivity index (χ4v) is 3.42. The van der Waals surface area contributed by atoms with E-state index in [1.165, 1.54) is 0 Å². The van der Waals surface area contributed by atoms with Crippen molar-refractivity contribution in [2.24, 2.45) is 0 Å². The lowest BCUT2D eigenvalue weighted by Gasteiger charge is -2.37. The van der Waals surface area contributed by atoms with Gasteiger partial charge in [0.15, 0.2) is 5.82 Å². The molecule has 1 atom stereocenters. The van der Waals surface area contributed by atoms with Crippen molar-refractivity contribution < 1.29 is 9.53 Å². The van der Waals surface area contributed by atoms with Gasteiger partial charge in [-0.3, -0.25) is 4.90 Å². The van der Waals surface area contributed by atoms with E-state index in [-0.39, 0.29) is 18.7 Å². The maximum absolute atomic E-state index is 12.4. The fourth-order valence-electron chi connectivity index (χ4n) is 3.42. The van der Waals surface area contributed by atoms with E-state index in [9.17, 15) is 4.79 Å². The van der Waals surface area contributed by atoms with Crippen molar-refractivity contribution in [2.75, 3.05) is 26.2 Å². The lowest BCUT2D eigenvalue weighted by atomic mass is 10.0. The van der Waals surface area contributed by atoms with E-state index in [2.05, 4.69) is 37.7 Å². The van der Waals surface area contributed by atoms with E-state index in [1.807, 2.05) is 48.5 Å². The van der Waals surface area contributed by atoms with Crippen molar-refractivity contribution >= 4 is 6.09 Å². The third-order valence-corrected chi connectivity index (χ3v) is 4.86. The number of amides is 1. The summed E-state index contributed by atoms with van der Waals surface area (Å²) in [5.74, 6) is 0.631. The second kappa shape index (κ2) is 8.62. The fraction of sp³-hybridized carbons (Fsp3) is 0.300. The Bertz CT molecular complexity index is 864. The molecule has 2 aromatic carbocycles. The molecule has 1 aliphatic rings. The lowest BCUT2D eigenvalue weighted by molar-refractivity contribution is 0.0636. The highest BCUT2D eigenvalue weighted by molar-refractivity contribution is 5.67. The number of carbonyl (C=O) groups excluding carboxylic acids is 1. The third kappa shape index (κ3) is 4.17. The molecule has 144 valence electrons. The van der Waals surface area contributed by atoms with Gasteiger partial charge in [0.05, 0.1) is 6.04 Å². The molecule has 0 saturated carbocycles. The molecule has 28 heavy (non-hydrogen) atoms. The number of rotatable bonds is 5. The number of hydrogen-bond acceptors (Lipinski definition) is 6. The SMILES string of the molecule is O=C(OCc1ccccc1)N1CCN(C(c2ccccc2)c2nn[nH]n2)CC1. The molecular weight excluding hydrogens is 356 g/mol. The molecule has 0 aliphatic carbocycles. The summed E-state index contributed by atoms with van der Waals surface area (Å²) in [6, 6.07) is 19.7. The van der Waals surface area contributed by atoms with Gasteiger partial charge in [-0.15, -0.1) is 10.2 Å². The Kier molecular flexibility index (Phi) is 5.58. The summed E-state index contributed by atoms with van der Waals surface area (Å²) in [5, 5.41) is 14.6. The molecule has 0 spiro atoms. The van der Waals surface area contributed by atoms with Gasteiger partial charge in [-0.05, 0) is 11.1 Å². The monoisotopic (exact) mass is 378 g/mol. The Morgan fingerprint density at radius 1 is 1.00 bits per heavy atom.